The average molecular weight is 311 g/mol. The third kappa shape index (κ3) is 4.15. The van der Waals surface area contributed by atoms with E-state index < -0.39 is 0 Å². The van der Waals surface area contributed by atoms with Crippen LogP contribution in [0, 0.1) is 0 Å². The van der Waals surface area contributed by atoms with Gasteiger partial charge in [-0.1, -0.05) is 51.8 Å². The molecule has 0 radical (unpaired) electrons. The minimum atomic E-state index is 0.779. The first-order chi connectivity index (χ1) is 8.24. The van der Waals surface area contributed by atoms with Gasteiger partial charge >= 0.3 is 0 Å². The summed E-state index contributed by atoms with van der Waals surface area (Å²) in [6.07, 6.45) is 0. The summed E-state index contributed by atoms with van der Waals surface area (Å²) in [7, 11) is 0. The fraction of sp³-hybridized carbons (Fsp3) is 0.143. The summed E-state index contributed by atoms with van der Waals surface area (Å²) in [5.41, 5.74) is 2.52. The van der Waals surface area contributed by atoms with Gasteiger partial charge in [-0.3, -0.25) is 0 Å². The van der Waals surface area contributed by atoms with E-state index in [0.29, 0.717) is 0 Å². The van der Waals surface area contributed by atoms with E-state index in [2.05, 4.69) is 45.5 Å². The minimum absolute atomic E-state index is 0.779. The van der Waals surface area contributed by atoms with Crippen LogP contribution in [0.2, 0.25) is 5.02 Å². The standard InChI is InChI=1S/C14H13BrClN/c15-13-5-1-11(2-6-13)9-17-10-12-3-7-14(16)8-4-12/h1-8,17H,9-10H2. The van der Waals surface area contributed by atoms with Gasteiger partial charge in [0.1, 0.15) is 0 Å². The van der Waals surface area contributed by atoms with Crippen LogP contribution in [-0.2, 0) is 13.1 Å². The Morgan fingerprint density at radius 2 is 1.29 bits per heavy atom. The molecule has 0 heterocycles. The van der Waals surface area contributed by atoms with Gasteiger partial charge in [-0.15, -0.1) is 0 Å². The molecule has 0 unspecified atom stereocenters. The van der Waals surface area contributed by atoms with Crippen molar-refractivity contribution in [3.8, 4) is 0 Å². The molecule has 0 saturated heterocycles. The van der Waals surface area contributed by atoms with Crippen LogP contribution in [0.3, 0.4) is 0 Å². The van der Waals surface area contributed by atoms with E-state index in [1.165, 1.54) is 11.1 Å². The van der Waals surface area contributed by atoms with Crippen LogP contribution in [0.15, 0.2) is 53.0 Å². The largest absolute Gasteiger partial charge is 0.309 e. The van der Waals surface area contributed by atoms with Gasteiger partial charge in [-0.25, -0.2) is 0 Å². The maximum atomic E-state index is 5.83. The Bertz CT molecular complexity index is 419. The van der Waals surface area contributed by atoms with E-state index in [1.54, 1.807) is 0 Å². The maximum Gasteiger partial charge on any atom is 0.0406 e. The molecule has 1 nitrogen and oxygen atoms in total. The summed E-state index contributed by atoms with van der Waals surface area (Å²) < 4.78 is 1.11. The molecule has 0 amide bonds. The van der Waals surface area contributed by atoms with E-state index in [1.807, 2.05) is 24.3 Å². The van der Waals surface area contributed by atoms with E-state index >= 15 is 0 Å². The van der Waals surface area contributed by atoms with Crippen molar-refractivity contribution in [2.24, 2.45) is 0 Å². The number of halogens is 2. The summed E-state index contributed by atoms with van der Waals surface area (Å²) in [5, 5.41) is 4.18. The highest BCUT2D eigenvalue weighted by Crippen LogP contribution is 2.11. The summed E-state index contributed by atoms with van der Waals surface area (Å²) in [4.78, 5) is 0. The predicted octanol–water partition coefficient (Wildman–Crippen LogP) is 4.39. The van der Waals surface area contributed by atoms with Crippen molar-refractivity contribution < 1.29 is 0 Å². The quantitative estimate of drug-likeness (QED) is 0.883. The van der Waals surface area contributed by atoms with Crippen LogP contribution in [-0.4, -0.2) is 0 Å². The second-order valence-electron chi connectivity index (χ2n) is 3.86. The molecule has 1 N–H and O–H groups in total. The van der Waals surface area contributed by atoms with E-state index in [0.717, 1.165) is 22.6 Å². The molecular weight excluding hydrogens is 298 g/mol. The van der Waals surface area contributed by atoms with Crippen molar-refractivity contribution in [1.82, 2.24) is 5.32 Å². The fourth-order valence-corrected chi connectivity index (χ4v) is 1.95. The molecule has 88 valence electrons. The Balaban J connectivity index is 1.83. The molecule has 2 aromatic carbocycles. The molecule has 17 heavy (non-hydrogen) atoms. The first kappa shape index (κ1) is 12.6. The topological polar surface area (TPSA) is 12.0 Å². The van der Waals surface area contributed by atoms with Crippen LogP contribution in [0.4, 0.5) is 0 Å². The maximum absolute atomic E-state index is 5.83. The average Bonchev–Trinajstić information content (AvgIpc) is 2.34. The molecule has 0 spiro atoms. The van der Waals surface area contributed by atoms with Gasteiger partial charge in [-0.05, 0) is 35.4 Å². The lowest BCUT2D eigenvalue weighted by atomic mass is 10.2. The molecule has 2 rings (SSSR count). The van der Waals surface area contributed by atoms with Crippen molar-refractivity contribution in [1.29, 1.82) is 0 Å². The second kappa shape index (κ2) is 6.20. The zero-order valence-corrected chi connectivity index (χ0v) is 11.6. The molecule has 0 aliphatic heterocycles. The van der Waals surface area contributed by atoms with Gasteiger partial charge in [0.15, 0.2) is 0 Å². The molecular formula is C14H13BrClN. The molecule has 0 atom stereocenters. The third-order valence-corrected chi connectivity index (χ3v) is 3.27. The molecule has 0 aliphatic rings. The van der Waals surface area contributed by atoms with Crippen LogP contribution >= 0.6 is 27.5 Å². The Labute approximate surface area is 115 Å². The monoisotopic (exact) mass is 309 g/mol. The zero-order valence-electron chi connectivity index (χ0n) is 9.29. The smallest absolute Gasteiger partial charge is 0.0406 e. The van der Waals surface area contributed by atoms with Crippen molar-refractivity contribution in [2.75, 3.05) is 0 Å². The first-order valence-electron chi connectivity index (χ1n) is 5.43. The molecule has 2 aromatic rings. The number of rotatable bonds is 4. The Morgan fingerprint density at radius 1 is 0.824 bits per heavy atom. The number of hydrogen-bond acceptors (Lipinski definition) is 1. The highest BCUT2D eigenvalue weighted by molar-refractivity contribution is 9.10. The van der Waals surface area contributed by atoms with Crippen molar-refractivity contribution in [2.45, 2.75) is 13.1 Å². The lowest BCUT2D eigenvalue weighted by Gasteiger charge is -2.05. The lowest BCUT2D eigenvalue weighted by molar-refractivity contribution is 0.693. The predicted molar refractivity (Wildman–Crippen MR) is 76.1 cm³/mol. The highest BCUT2D eigenvalue weighted by Gasteiger charge is 1.95. The SMILES string of the molecule is Clc1ccc(CNCc2ccc(Br)cc2)cc1. The fourth-order valence-electron chi connectivity index (χ4n) is 1.56. The van der Waals surface area contributed by atoms with Crippen LogP contribution in [0.5, 0.6) is 0 Å². The van der Waals surface area contributed by atoms with E-state index in [4.69, 9.17) is 11.6 Å². The van der Waals surface area contributed by atoms with Crippen molar-refractivity contribution in [3.05, 3.63) is 69.2 Å². The summed E-state index contributed by atoms with van der Waals surface area (Å²) in [6.45, 7) is 1.73. The van der Waals surface area contributed by atoms with Crippen LogP contribution < -0.4 is 5.32 Å². The molecule has 0 saturated carbocycles. The third-order valence-electron chi connectivity index (χ3n) is 2.48. The number of benzene rings is 2. The Hall–Kier alpha value is -0.830. The minimum Gasteiger partial charge on any atom is -0.309 e. The Kier molecular flexibility index (Phi) is 4.60. The van der Waals surface area contributed by atoms with E-state index in [-0.39, 0.29) is 0 Å². The highest BCUT2D eigenvalue weighted by atomic mass is 79.9. The van der Waals surface area contributed by atoms with Crippen LogP contribution in [0.1, 0.15) is 11.1 Å². The molecule has 0 fully saturated rings. The van der Waals surface area contributed by atoms with Gasteiger partial charge in [-0.2, -0.15) is 0 Å². The van der Waals surface area contributed by atoms with Gasteiger partial charge < -0.3 is 5.32 Å². The number of nitrogens with one attached hydrogen (secondary N) is 1. The van der Waals surface area contributed by atoms with Gasteiger partial charge in [0, 0.05) is 22.6 Å². The molecule has 0 aromatic heterocycles. The van der Waals surface area contributed by atoms with Gasteiger partial charge in [0.25, 0.3) is 0 Å². The zero-order chi connectivity index (χ0) is 12.1. The summed E-state index contributed by atoms with van der Waals surface area (Å²) >= 11 is 9.26. The van der Waals surface area contributed by atoms with Gasteiger partial charge in [0.2, 0.25) is 0 Å². The number of hydrogen-bond donors (Lipinski definition) is 1. The van der Waals surface area contributed by atoms with Crippen molar-refractivity contribution in [3.63, 3.8) is 0 Å². The van der Waals surface area contributed by atoms with Crippen LogP contribution in [0.25, 0.3) is 0 Å². The lowest BCUT2D eigenvalue weighted by Crippen LogP contribution is -2.12. The summed E-state index contributed by atoms with van der Waals surface area (Å²) in [5.74, 6) is 0. The normalized spacial score (nSPS) is 10.5. The second-order valence-corrected chi connectivity index (χ2v) is 5.21. The molecule has 0 aliphatic carbocycles. The molecule has 0 bridgehead atoms. The van der Waals surface area contributed by atoms with E-state index in [9.17, 15) is 0 Å². The Morgan fingerprint density at radius 3 is 1.82 bits per heavy atom. The first-order valence-corrected chi connectivity index (χ1v) is 6.61. The summed E-state index contributed by atoms with van der Waals surface area (Å²) in [6, 6.07) is 16.2. The van der Waals surface area contributed by atoms with Crippen molar-refractivity contribution >= 4 is 27.5 Å². The molecule has 3 heteroatoms. The van der Waals surface area contributed by atoms with Gasteiger partial charge in [0.05, 0.1) is 0 Å².